The van der Waals surface area contributed by atoms with E-state index in [2.05, 4.69) is 29.3 Å². The molecule has 1 amide bonds. The van der Waals surface area contributed by atoms with Crippen LogP contribution in [-0.2, 0) is 6.54 Å². The molecule has 4 rings (SSSR count). The van der Waals surface area contributed by atoms with Gasteiger partial charge in [0.2, 0.25) is 0 Å². The van der Waals surface area contributed by atoms with Crippen LogP contribution in [0.2, 0.25) is 0 Å². The quantitative estimate of drug-likeness (QED) is 0.740. The highest BCUT2D eigenvalue weighted by Gasteiger charge is 2.35. The largest absolute Gasteiger partial charge is 0.497 e. The lowest BCUT2D eigenvalue weighted by atomic mass is 9.89. The first kappa shape index (κ1) is 21.7. The zero-order valence-corrected chi connectivity index (χ0v) is 19.1. The van der Waals surface area contributed by atoms with Gasteiger partial charge < -0.3 is 14.8 Å². The summed E-state index contributed by atoms with van der Waals surface area (Å²) in [5, 5.41) is 3.22. The van der Waals surface area contributed by atoms with Gasteiger partial charge in [-0.3, -0.25) is 9.69 Å². The van der Waals surface area contributed by atoms with E-state index in [1.807, 2.05) is 44.2 Å². The third kappa shape index (κ3) is 5.21. The number of hydrogen-bond donors (Lipinski definition) is 1. The van der Waals surface area contributed by atoms with Crippen molar-refractivity contribution in [1.82, 2.24) is 10.2 Å². The number of hydrogen-bond acceptors (Lipinski definition) is 4. The van der Waals surface area contributed by atoms with Crippen molar-refractivity contribution in [3.05, 3.63) is 59.2 Å². The average molecular weight is 423 g/mol. The molecule has 166 valence electrons. The Hall–Kier alpha value is -2.53. The zero-order chi connectivity index (χ0) is 22.0. The maximum Gasteiger partial charge on any atom is 0.251 e. The Kier molecular flexibility index (Phi) is 6.24. The molecule has 0 bridgehead atoms. The molecule has 1 N–H and O–H groups in total. The summed E-state index contributed by atoms with van der Waals surface area (Å²) in [5.41, 5.74) is 2.57. The maximum atomic E-state index is 13.0. The predicted octanol–water partition coefficient (Wildman–Crippen LogP) is 4.96. The Morgan fingerprint density at radius 3 is 2.71 bits per heavy atom. The number of piperidine rings is 1. The lowest BCUT2D eigenvalue weighted by molar-refractivity contribution is 0.0617. The van der Waals surface area contributed by atoms with Gasteiger partial charge in [-0.2, -0.15) is 0 Å². The summed E-state index contributed by atoms with van der Waals surface area (Å²) in [4.78, 5) is 15.5. The van der Waals surface area contributed by atoms with Crippen molar-refractivity contribution in [3.8, 4) is 11.5 Å². The van der Waals surface area contributed by atoms with E-state index in [1.165, 1.54) is 18.4 Å². The first-order valence-corrected chi connectivity index (χ1v) is 11.3. The fourth-order valence-electron chi connectivity index (χ4n) is 4.78. The van der Waals surface area contributed by atoms with Crippen molar-refractivity contribution in [1.29, 1.82) is 0 Å². The molecule has 2 aliphatic rings. The molecule has 2 unspecified atom stereocenters. The molecule has 31 heavy (non-hydrogen) atoms. The second-order valence-electron chi connectivity index (χ2n) is 9.68. The number of carbonyl (C=O) groups excluding carboxylic acids is 1. The van der Waals surface area contributed by atoms with Crippen LogP contribution >= 0.6 is 0 Å². The van der Waals surface area contributed by atoms with E-state index < -0.39 is 0 Å². The summed E-state index contributed by atoms with van der Waals surface area (Å²) < 4.78 is 11.5. The van der Waals surface area contributed by atoms with E-state index in [4.69, 9.17) is 9.47 Å². The summed E-state index contributed by atoms with van der Waals surface area (Å²) in [7, 11) is 1.64. The van der Waals surface area contributed by atoms with Crippen LogP contribution in [-0.4, -0.2) is 36.6 Å². The average Bonchev–Trinajstić information content (AvgIpc) is 2.73. The Morgan fingerprint density at radius 1 is 1.23 bits per heavy atom. The first-order valence-electron chi connectivity index (χ1n) is 11.3. The van der Waals surface area contributed by atoms with Gasteiger partial charge >= 0.3 is 0 Å². The summed E-state index contributed by atoms with van der Waals surface area (Å²) in [5.74, 6) is 2.24. The minimum absolute atomic E-state index is 0.0531. The Morgan fingerprint density at radius 2 is 2.00 bits per heavy atom. The molecule has 2 aliphatic heterocycles. The Labute approximate surface area is 185 Å². The number of nitrogens with one attached hydrogen (secondary N) is 1. The maximum absolute atomic E-state index is 13.0. The molecule has 5 heteroatoms. The van der Waals surface area contributed by atoms with Crippen molar-refractivity contribution < 1.29 is 14.3 Å². The minimum atomic E-state index is -0.368. The molecule has 1 fully saturated rings. The molecule has 2 aromatic carbocycles. The van der Waals surface area contributed by atoms with Crippen LogP contribution in [0.5, 0.6) is 11.5 Å². The molecular formula is C26H34N2O3. The van der Waals surface area contributed by atoms with Crippen LogP contribution in [0.1, 0.15) is 67.6 Å². The van der Waals surface area contributed by atoms with Gasteiger partial charge in [0.1, 0.15) is 17.1 Å². The lowest BCUT2D eigenvalue weighted by Crippen LogP contribution is -2.41. The number of ether oxygens (including phenoxy) is 2. The normalized spacial score (nSPS) is 22.8. The fourth-order valence-corrected chi connectivity index (χ4v) is 4.78. The highest BCUT2D eigenvalue weighted by molar-refractivity contribution is 5.94. The summed E-state index contributed by atoms with van der Waals surface area (Å²) in [6.45, 7) is 9.69. The van der Waals surface area contributed by atoms with E-state index >= 15 is 0 Å². The molecule has 1 saturated heterocycles. The van der Waals surface area contributed by atoms with Crippen LogP contribution in [0.15, 0.2) is 42.5 Å². The van der Waals surface area contributed by atoms with Crippen molar-refractivity contribution >= 4 is 5.91 Å². The Balaban J connectivity index is 1.44. The van der Waals surface area contributed by atoms with E-state index in [0.29, 0.717) is 12.0 Å². The molecule has 5 nitrogen and oxygen atoms in total. The van der Waals surface area contributed by atoms with E-state index in [-0.39, 0.29) is 17.6 Å². The number of benzene rings is 2. The predicted molar refractivity (Wildman–Crippen MR) is 123 cm³/mol. The van der Waals surface area contributed by atoms with Gasteiger partial charge in [0, 0.05) is 36.7 Å². The number of likely N-dealkylation sites (tertiary alicyclic amines) is 1. The van der Waals surface area contributed by atoms with Crippen molar-refractivity contribution in [2.24, 2.45) is 5.92 Å². The van der Waals surface area contributed by atoms with Crippen LogP contribution in [0.4, 0.5) is 0 Å². The number of methoxy groups -OCH3 is 1. The second-order valence-corrected chi connectivity index (χ2v) is 9.68. The SMILES string of the molecule is COc1ccc2c(c1)OC(C)(C)CC2NC(=O)c1ccc(CN2CCCC(C)C2)cc1. The van der Waals surface area contributed by atoms with E-state index in [0.717, 1.165) is 42.6 Å². The summed E-state index contributed by atoms with van der Waals surface area (Å²) >= 11 is 0. The monoisotopic (exact) mass is 422 g/mol. The molecule has 2 heterocycles. The van der Waals surface area contributed by atoms with Gasteiger partial charge in [-0.1, -0.05) is 19.1 Å². The standard InChI is InChI=1S/C26H34N2O3/c1-18-6-5-13-28(16-18)17-19-7-9-20(10-8-19)25(29)27-23-15-26(2,3)31-24-14-21(30-4)11-12-22(23)24/h7-12,14,18,23H,5-6,13,15-17H2,1-4H3,(H,27,29). The first-order chi connectivity index (χ1) is 14.8. The number of fused-ring (bicyclic) bond motifs is 1. The summed E-state index contributed by atoms with van der Waals surface area (Å²) in [6, 6.07) is 13.7. The van der Waals surface area contributed by atoms with Gasteiger partial charge in [0.05, 0.1) is 13.2 Å². The van der Waals surface area contributed by atoms with Gasteiger partial charge in [-0.25, -0.2) is 0 Å². The van der Waals surface area contributed by atoms with Crippen molar-refractivity contribution in [3.63, 3.8) is 0 Å². The number of nitrogens with zero attached hydrogens (tertiary/aromatic N) is 1. The third-order valence-corrected chi connectivity index (χ3v) is 6.35. The topological polar surface area (TPSA) is 50.8 Å². The Bertz CT molecular complexity index is 923. The van der Waals surface area contributed by atoms with Crippen LogP contribution < -0.4 is 14.8 Å². The smallest absolute Gasteiger partial charge is 0.251 e. The molecule has 0 saturated carbocycles. The van der Waals surface area contributed by atoms with Crippen LogP contribution in [0, 0.1) is 5.92 Å². The summed E-state index contributed by atoms with van der Waals surface area (Å²) in [6.07, 6.45) is 3.31. The van der Waals surface area contributed by atoms with Gasteiger partial charge in [-0.05, 0) is 69.0 Å². The number of rotatable bonds is 5. The fraction of sp³-hybridized carbons (Fsp3) is 0.500. The van der Waals surface area contributed by atoms with Gasteiger partial charge in [0.15, 0.2) is 0 Å². The van der Waals surface area contributed by atoms with Gasteiger partial charge in [-0.15, -0.1) is 0 Å². The van der Waals surface area contributed by atoms with Crippen LogP contribution in [0.3, 0.4) is 0 Å². The second kappa shape index (κ2) is 8.91. The minimum Gasteiger partial charge on any atom is -0.497 e. The van der Waals surface area contributed by atoms with Gasteiger partial charge in [0.25, 0.3) is 5.91 Å². The highest BCUT2D eigenvalue weighted by Crippen LogP contribution is 2.41. The molecule has 0 aromatic heterocycles. The van der Waals surface area contributed by atoms with E-state index in [1.54, 1.807) is 7.11 Å². The molecule has 0 aliphatic carbocycles. The molecule has 0 radical (unpaired) electrons. The number of carbonyl (C=O) groups is 1. The highest BCUT2D eigenvalue weighted by atomic mass is 16.5. The van der Waals surface area contributed by atoms with Crippen molar-refractivity contribution in [2.75, 3.05) is 20.2 Å². The zero-order valence-electron chi connectivity index (χ0n) is 19.1. The molecule has 0 spiro atoms. The van der Waals surface area contributed by atoms with E-state index in [9.17, 15) is 4.79 Å². The van der Waals surface area contributed by atoms with Crippen molar-refractivity contribution in [2.45, 2.75) is 58.2 Å². The number of amides is 1. The third-order valence-electron chi connectivity index (χ3n) is 6.35. The molecule has 2 atom stereocenters. The van der Waals surface area contributed by atoms with Crippen LogP contribution in [0.25, 0.3) is 0 Å². The lowest BCUT2D eigenvalue weighted by Gasteiger charge is -2.38. The molecule has 2 aromatic rings. The molecular weight excluding hydrogens is 388 g/mol.